The van der Waals surface area contributed by atoms with Gasteiger partial charge in [-0.25, -0.2) is 0 Å². The van der Waals surface area contributed by atoms with Crippen molar-refractivity contribution in [3.63, 3.8) is 0 Å². The van der Waals surface area contributed by atoms with Crippen LogP contribution in [0.3, 0.4) is 0 Å². The van der Waals surface area contributed by atoms with Gasteiger partial charge in [0.15, 0.2) is 5.82 Å². The van der Waals surface area contributed by atoms with E-state index >= 15 is 0 Å². The van der Waals surface area contributed by atoms with E-state index in [4.69, 9.17) is 0 Å². The van der Waals surface area contributed by atoms with Crippen LogP contribution in [-0.2, 0) is 16.4 Å². The van der Waals surface area contributed by atoms with Crippen LogP contribution in [0, 0.1) is 0 Å². The molecule has 2 aliphatic rings. The molecule has 22 heavy (non-hydrogen) atoms. The molecular weight excluding hydrogens is 325 g/mol. The summed E-state index contributed by atoms with van der Waals surface area (Å²) < 4.78 is 69.0. The molecule has 0 aliphatic carbocycles. The lowest BCUT2D eigenvalue weighted by Crippen LogP contribution is -2.41. The van der Waals surface area contributed by atoms with E-state index in [9.17, 15) is 21.6 Å². The van der Waals surface area contributed by atoms with Crippen LogP contribution in [-0.4, -0.2) is 53.3 Å². The van der Waals surface area contributed by atoms with Crippen LogP contribution in [0.2, 0.25) is 0 Å². The molecule has 2 aliphatic heterocycles. The average Bonchev–Trinajstić information content (AvgIpc) is 3.18. The topological polar surface area (TPSA) is 79.5 Å². The molecule has 0 amide bonds. The second-order valence-corrected chi connectivity index (χ2v) is 7.34. The van der Waals surface area contributed by atoms with Gasteiger partial charge in [0.25, 0.3) is 10.2 Å². The van der Waals surface area contributed by atoms with Crippen molar-refractivity contribution in [3.8, 4) is 0 Å². The molecule has 3 heterocycles. The third-order valence-corrected chi connectivity index (χ3v) is 5.92. The molecule has 0 spiro atoms. The van der Waals surface area contributed by atoms with Gasteiger partial charge < -0.3 is 4.52 Å². The number of hydrogen-bond donors (Lipinski definition) is 0. The van der Waals surface area contributed by atoms with E-state index in [0.717, 1.165) is 12.8 Å². The Morgan fingerprint density at radius 3 is 2.41 bits per heavy atom. The Hall–Kier alpha value is -1.20. The zero-order chi connectivity index (χ0) is 16.0. The Balaban J connectivity index is 1.71. The van der Waals surface area contributed by atoms with Gasteiger partial charge in [0, 0.05) is 32.1 Å². The largest absolute Gasteiger partial charge is 0.471 e. The van der Waals surface area contributed by atoms with Crippen LogP contribution in [0.15, 0.2) is 4.52 Å². The monoisotopic (exact) mass is 340 g/mol. The first kappa shape index (κ1) is 15.7. The minimum Gasteiger partial charge on any atom is -0.329 e. The molecule has 2 saturated heterocycles. The maximum absolute atomic E-state index is 12.4. The van der Waals surface area contributed by atoms with E-state index < -0.39 is 28.2 Å². The van der Waals surface area contributed by atoms with E-state index in [2.05, 4.69) is 14.7 Å². The number of rotatable bonds is 3. The van der Waals surface area contributed by atoms with E-state index in [1.54, 1.807) is 0 Å². The summed E-state index contributed by atoms with van der Waals surface area (Å²) in [6, 6.07) is 0. The van der Waals surface area contributed by atoms with Crippen molar-refractivity contribution in [2.45, 2.75) is 31.4 Å². The number of hydrogen-bond acceptors (Lipinski definition) is 5. The molecule has 7 nitrogen and oxygen atoms in total. The summed E-state index contributed by atoms with van der Waals surface area (Å²) >= 11 is 0. The molecule has 124 valence electrons. The zero-order valence-electron chi connectivity index (χ0n) is 11.6. The highest BCUT2D eigenvalue weighted by atomic mass is 32.2. The summed E-state index contributed by atoms with van der Waals surface area (Å²) in [7, 11) is -3.54. The fourth-order valence-electron chi connectivity index (χ4n) is 2.75. The number of alkyl halides is 3. The second kappa shape index (κ2) is 5.46. The van der Waals surface area contributed by atoms with Gasteiger partial charge in [0.1, 0.15) is 0 Å². The lowest BCUT2D eigenvalue weighted by atomic mass is 10.1. The maximum atomic E-state index is 12.4. The van der Waals surface area contributed by atoms with Crippen molar-refractivity contribution in [2.75, 3.05) is 26.2 Å². The summed E-state index contributed by atoms with van der Waals surface area (Å²) in [5, 5.41) is 3.34. The Morgan fingerprint density at radius 1 is 1.14 bits per heavy atom. The van der Waals surface area contributed by atoms with Crippen LogP contribution in [0.1, 0.15) is 36.9 Å². The van der Waals surface area contributed by atoms with Crippen LogP contribution >= 0.6 is 0 Å². The normalized spacial score (nSPS) is 25.1. The molecule has 1 unspecified atom stereocenters. The summed E-state index contributed by atoms with van der Waals surface area (Å²) in [5.41, 5.74) is 0. The standard InChI is InChI=1S/C11H15F3N4O3S/c12-11(13,14)10-15-9(16-21-10)8-3-6-18(7-8)22(19,20)17-4-1-2-5-17/h8H,1-7H2. The lowest BCUT2D eigenvalue weighted by molar-refractivity contribution is -0.159. The number of aromatic nitrogens is 2. The van der Waals surface area contributed by atoms with Crippen LogP contribution < -0.4 is 0 Å². The molecule has 2 fully saturated rings. The predicted octanol–water partition coefficient (Wildman–Crippen LogP) is 1.22. The molecule has 3 rings (SSSR count). The van der Waals surface area contributed by atoms with Gasteiger partial charge in [-0.2, -0.15) is 35.2 Å². The fraction of sp³-hybridized carbons (Fsp3) is 0.818. The Labute approximate surface area is 125 Å². The Bertz CT molecular complexity index is 639. The van der Waals surface area contributed by atoms with Crippen molar-refractivity contribution in [1.29, 1.82) is 0 Å². The molecule has 0 bridgehead atoms. The first-order valence-electron chi connectivity index (χ1n) is 6.94. The molecule has 0 saturated carbocycles. The average molecular weight is 340 g/mol. The minimum absolute atomic E-state index is 0.0790. The smallest absolute Gasteiger partial charge is 0.329 e. The maximum Gasteiger partial charge on any atom is 0.471 e. The zero-order valence-corrected chi connectivity index (χ0v) is 12.4. The molecule has 11 heteroatoms. The van der Waals surface area contributed by atoms with Gasteiger partial charge in [-0.3, -0.25) is 0 Å². The molecular formula is C11H15F3N4O3S. The Kier molecular flexibility index (Phi) is 3.89. The molecule has 1 aromatic heterocycles. The van der Waals surface area contributed by atoms with Gasteiger partial charge in [-0.1, -0.05) is 5.16 Å². The van der Waals surface area contributed by atoms with Gasteiger partial charge in [-0.15, -0.1) is 0 Å². The van der Waals surface area contributed by atoms with Crippen LogP contribution in [0.4, 0.5) is 13.2 Å². The fourth-order valence-corrected chi connectivity index (χ4v) is 4.50. The highest BCUT2D eigenvalue weighted by Crippen LogP contribution is 2.32. The summed E-state index contributed by atoms with van der Waals surface area (Å²) in [4.78, 5) is 3.34. The SMILES string of the molecule is O=S(=O)(N1CCCC1)N1CCC(c2noc(C(F)(F)F)n2)C1. The first-order valence-corrected chi connectivity index (χ1v) is 8.34. The summed E-state index contributed by atoms with van der Waals surface area (Å²) in [6.07, 6.45) is -2.65. The highest BCUT2D eigenvalue weighted by molar-refractivity contribution is 7.86. The van der Waals surface area contributed by atoms with Crippen LogP contribution in [0.25, 0.3) is 0 Å². The summed E-state index contributed by atoms with van der Waals surface area (Å²) in [5.74, 6) is -1.97. The van der Waals surface area contributed by atoms with Crippen molar-refractivity contribution < 1.29 is 26.1 Å². The summed E-state index contributed by atoms with van der Waals surface area (Å²) in [6.45, 7) is 1.31. The number of halogens is 3. The Morgan fingerprint density at radius 2 is 1.82 bits per heavy atom. The van der Waals surface area contributed by atoms with Gasteiger partial charge >= 0.3 is 12.1 Å². The first-order chi connectivity index (χ1) is 10.3. The van der Waals surface area contributed by atoms with E-state index in [1.165, 1.54) is 8.61 Å². The van der Waals surface area contributed by atoms with Crippen LogP contribution in [0.5, 0.6) is 0 Å². The highest BCUT2D eigenvalue weighted by Gasteiger charge is 2.42. The van der Waals surface area contributed by atoms with Gasteiger partial charge in [0.2, 0.25) is 0 Å². The predicted molar refractivity (Wildman–Crippen MR) is 68.0 cm³/mol. The van der Waals surface area contributed by atoms with Gasteiger partial charge in [0.05, 0.1) is 0 Å². The quantitative estimate of drug-likeness (QED) is 0.826. The molecule has 0 N–H and O–H groups in total. The van der Waals surface area contributed by atoms with Crippen molar-refractivity contribution >= 4 is 10.2 Å². The number of nitrogens with zero attached hydrogens (tertiary/aromatic N) is 4. The second-order valence-electron chi connectivity index (χ2n) is 5.41. The minimum atomic E-state index is -4.69. The van der Waals surface area contributed by atoms with Crippen molar-refractivity contribution in [2.24, 2.45) is 0 Å². The molecule has 0 aromatic carbocycles. The third-order valence-electron chi connectivity index (χ3n) is 3.92. The molecule has 1 atom stereocenters. The van der Waals surface area contributed by atoms with Gasteiger partial charge in [-0.05, 0) is 19.3 Å². The van der Waals surface area contributed by atoms with E-state index in [0.29, 0.717) is 19.5 Å². The lowest BCUT2D eigenvalue weighted by Gasteiger charge is -2.23. The van der Waals surface area contributed by atoms with E-state index in [1.807, 2.05) is 0 Å². The van der Waals surface area contributed by atoms with Crippen molar-refractivity contribution in [1.82, 2.24) is 18.8 Å². The third kappa shape index (κ3) is 2.84. The molecule has 1 aromatic rings. The van der Waals surface area contributed by atoms with Crippen molar-refractivity contribution in [3.05, 3.63) is 11.7 Å². The molecule has 0 radical (unpaired) electrons. The van der Waals surface area contributed by atoms with E-state index in [-0.39, 0.29) is 18.9 Å².